The maximum absolute atomic E-state index is 14.0. The monoisotopic (exact) mass is 1060 g/mol. The Bertz CT molecular complexity index is 2930. The quantitative estimate of drug-likeness (QED) is 0.0583. The van der Waals surface area contributed by atoms with E-state index in [0.717, 1.165) is 53.1 Å². The molecule has 406 valence electrons. The van der Waals surface area contributed by atoms with Gasteiger partial charge in [-0.2, -0.15) is 4.98 Å². The summed E-state index contributed by atoms with van der Waals surface area (Å²) in [6.07, 6.45) is 6.33. The highest BCUT2D eigenvalue weighted by Gasteiger charge is 2.44. The molecule has 0 bridgehead atoms. The topological polar surface area (TPSA) is 253 Å². The Morgan fingerprint density at radius 2 is 1.57 bits per heavy atom. The lowest BCUT2D eigenvalue weighted by Gasteiger charge is -2.36. The summed E-state index contributed by atoms with van der Waals surface area (Å²) in [5.74, 6) is -0.942. The van der Waals surface area contributed by atoms with Crippen molar-refractivity contribution >= 4 is 69.2 Å². The Kier molecular flexibility index (Phi) is 18.2. The minimum absolute atomic E-state index is 0.0254. The van der Waals surface area contributed by atoms with E-state index in [2.05, 4.69) is 35.8 Å². The highest BCUT2D eigenvalue weighted by atomic mass is 32.1. The molecule has 0 spiro atoms. The van der Waals surface area contributed by atoms with Gasteiger partial charge in [0.05, 0.1) is 66.1 Å². The number of ether oxygens (including phenoxy) is 3. The van der Waals surface area contributed by atoms with Gasteiger partial charge in [0.1, 0.15) is 36.8 Å². The number of nitrogens with zero attached hydrogens (tertiary/aromatic N) is 8. The van der Waals surface area contributed by atoms with E-state index in [1.165, 1.54) is 11.8 Å². The lowest BCUT2D eigenvalue weighted by molar-refractivity contribution is -0.144. The molecule has 4 amide bonds. The van der Waals surface area contributed by atoms with Crippen LogP contribution in [0.1, 0.15) is 93.0 Å². The number of nitrogens with one attached hydrogen (secondary N) is 3. The number of fused-ring (bicyclic) bond motifs is 1. The summed E-state index contributed by atoms with van der Waals surface area (Å²) in [7, 11) is 0. The van der Waals surface area contributed by atoms with E-state index in [-0.39, 0.29) is 93.9 Å². The number of aliphatic hydroxyl groups is 1. The standard InChI is InChI=1S/C54H69N11O10S/c1-33-41-28-57-53(61-49(41)65(38-9-7-8-10-38)51(71)46(33)35(3)66)59-43-16-15-39(27-55-43)62-17-19-63(20-18-62)45(69)31-75-24-22-73-21-23-74-30-44(68)60-48(54(4,5)6)52(72)64-29-40(67)25-42(64)50(70)56-26-36-11-13-37(14-12-36)47-34(2)58-32-76-47/h11-16,27-28,32,38,40,42,48,67H,7-10,17-26,29-31H2,1-6H3,(H,56,70)(H,60,68)(H,55,57,59,61)/t40-,42+,48-/m1/s1. The first kappa shape index (κ1) is 55.5. The number of aliphatic hydroxyl groups excluding tert-OH is 1. The van der Waals surface area contributed by atoms with Gasteiger partial charge in [-0.15, -0.1) is 11.3 Å². The highest BCUT2D eigenvalue weighted by molar-refractivity contribution is 7.13. The summed E-state index contributed by atoms with van der Waals surface area (Å²) in [6.45, 7) is 13.3. The van der Waals surface area contributed by atoms with Gasteiger partial charge in [0.15, 0.2) is 5.78 Å². The number of thiazole rings is 1. The number of anilines is 3. The SMILES string of the molecule is CC(=O)c1c(C)c2cnc(Nc3ccc(N4CCN(C(=O)COCCOCCOCC(=O)N[C@H](C(=O)N5C[C@H](O)C[C@H]5C(=O)NCc5ccc(-c6scnc6C)cc5)C(C)(C)C)CC4)cn3)nc2n(C2CCCC2)c1=O. The molecule has 1 aliphatic carbocycles. The van der Waals surface area contributed by atoms with Gasteiger partial charge in [0, 0.05) is 63.3 Å². The molecule has 3 atom stereocenters. The van der Waals surface area contributed by atoms with Gasteiger partial charge in [-0.05, 0) is 67.9 Å². The fourth-order valence-electron chi connectivity index (χ4n) is 10.0. The number of hydrogen-bond acceptors (Lipinski definition) is 17. The molecule has 22 heteroatoms. The van der Waals surface area contributed by atoms with Crippen LogP contribution in [0.2, 0.25) is 0 Å². The van der Waals surface area contributed by atoms with Crippen LogP contribution in [0.4, 0.5) is 17.5 Å². The first-order chi connectivity index (χ1) is 36.5. The molecule has 3 aliphatic rings. The minimum Gasteiger partial charge on any atom is -0.391 e. The van der Waals surface area contributed by atoms with Crippen molar-refractivity contribution in [1.29, 1.82) is 0 Å². The first-order valence-corrected chi connectivity index (χ1v) is 26.8. The van der Waals surface area contributed by atoms with E-state index < -0.39 is 35.4 Å². The number of β-amino-alcohol motifs (C(OH)–C–C–N with tert-alkyl or cyclic N) is 1. The number of pyridine rings is 2. The molecule has 76 heavy (non-hydrogen) atoms. The van der Waals surface area contributed by atoms with Crippen LogP contribution in [0.3, 0.4) is 0 Å². The van der Waals surface area contributed by atoms with Crippen molar-refractivity contribution in [2.24, 2.45) is 5.41 Å². The zero-order valence-electron chi connectivity index (χ0n) is 44.1. The fourth-order valence-corrected chi connectivity index (χ4v) is 10.8. The maximum Gasteiger partial charge on any atom is 0.263 e. The van der Waals surface area contributed by atoms with E-state index in [9.17, 15) is 33.9 Å². The molecule has 4 aromatic heterocycles. The van der Waals surface area contributed by atoms with Crippen molar-refractivity contribution in [2.75, 3.05) is 82.6 Å². The Labute approximate surface area is 445 Å². The van der Waals surface area contributed by atoms with Gasteiger partial charge in [-0.3, -0.25) is 33.3 Å². The Morgan fingerprint density at radius 3 is 2.21 bits per heavy atom. The molecule has 4 N–H and O–H groups in total. The van der Waals surface area contributed by atoms with Gasteiger partial charge < -0.3 is 50.0 Å². The van der Waals surface area contributed by atoms with Crippen LogP contribution in [0.15, 0.2) is 59.1 Å². The molecule has 1 aromatic carbocycles. The third-order valence-electron chi connectivity index (χ3n) is 14.1. The summed E-state index contributed by atoms with van der Waals surface area (Å²) in [4.78, 5) is 104. The van der Waals surface area contributed by atoms with E-state index in [4.69, 9.17) is 19.2 Å². The Hall–Kier alpha value is -6.72. The number of aryl methyl sites for hydroxylation is 2. The van der Waals surface area contributed by atoms with E-state index in [1.807, 2.05) is 64.1 Å². The maximum atomic E-state index is 14.0. The molecule has 6 heterocycles. The van der Waals surface area contributed by atoms with Crippen LogP contribution in [-0.4, -0.2) is 159 Å². The largest absolute Gasteiger partial charge is 0.391 e. The van der Waals surface area contributed by atoms with Crippen LogP contribution in [0, 0.1) is 19.3 Å². The molecule has 1 saturated carbocycles. The van der Waals surface area contributed by atoms with E-state index >= 15 is 0 Å². The second-order valence-corrected chi connectivity index (χ2v) is 21.5. The first-order valence-electron chi connectivity index (χ1n) is 25.9. The van der Waals surface area contributed by atoms with Gasteiger partial charge >= 0.3 is 0 Å². The predicted molar refractivity (Wildman–Crippen MR) is 286 cm³/mol. The molecule has 0 radical (unpaired) electrons. The van der Waals surface area contributed by atoms with Gasteiger partial charge in [0.25, 0.3) is 5.56 Å². The van der Waals surface area contributed by atoms with Crippen LogP contribution in [-0.2, 0) is 39.9 Å². The van der Waals surface area contributed by atoms with Gasteiger partial charge in [-0.1, -0.05) is 57.9 Å². The lowest BCUT2D eigenvalue weighted by Crippen LogP contribution is -2.58. The summed E-state index contributed by atoms with van der Waals surface area (Å²) in [6, 6.07) is 9.68. The fraction of sp³-hybridized carbons (Fsp3) is 0.519. The van der Waals surface area contributed by atoms with Crippen LogP contribution in [0.5, 0.6) is 0 Å². The van der Waals surface area contributed by atoms with Gasteiger partial charge in [0.2, 0.25) is 29.6 Å². The molecular weight excluding hydrogens is 995 g/mol. The van der Waals surface area contributed by atoms with Crippen LogP contribution >= 0.6 is 11.3 Å². The average molecular weight is 1060 g/mol. The molecule has 2 aliphatic heterocycles. The number of piperazine rings is 1. The second kappa shape index (κ2) is 25.0. The molecule has 2 saturated heterocycles. The highest BCUT2D eigenvalue weighted by Crippen LogP contribution is 2.33. The summed E-state index contributed by atoms with van der Waals surface area (Å²) in [5, 5.41) is 20.1. The normalized spacial score (nSPS) is 17.5. The number of aromatic nitrogens is 5. The number of likely N-dealkylation sites (tertiary alicyclic amines) is 1. The molecule has 0 unspecified atom stereocenters. The zero-order chi connectivity index (χ0) is 54.1. The summed E-state index contributed by atoms with van der Waals surface area (Å²) >= 11 is 1.56. The van der Waals surface area contributed by atoms with E-state index in [1.54, 1.807) is 45.6 Å². The number of amides is 4. The number of hydrogen-bond donors (Lipinski definition) is 4. The molecule has 5 aromatic rings. The third-order valence-corrected chi connectivity index (χ3v) is 15.1. The van der Waals surface area contributed by atoms with Crippen molar-refractivity contribution in [2.45, 2.75) is 104 Å². The molecule has 8 rings (SSSR count). The molecular formula is C54H69N11O10S. The van der Waals surface area contributed by atoms with Crippen molar-refractivity contribution in [3.05, 3.63) is 87.0 Å². The Balaban J connectivity index is 0.703. The second-order valence-electron chi connectivity index (χ2n) is 20.7. The van der Waals surface area contributed by atoms with Crippen molar-refractivity contribution < 1.29 is 43.3 Å². The number of benzene rings is 1. The lowest BCUT2D eigenvalue weighted by atomic mass is 9.85. The number of rotatable bonds is 21. The zero-order valence-corrected chi connectivity index (χ0v) is 45.0. The number of carbonyl (C=O) groups is 5. The average Bonchev–Trinajstić information content (AvgIpc) is 4.20. The summed E-state index contributed by atoms with van der Waals surface area (Å²) in [5.41, 5.74) is 5.82. The smallest absolute Gasteiger partial charge is 0.263 e. The van der Waals surface area contributed by atoms with Crippen LogP contribution < -0.4 is 26.4 Å². The third kappa shape index (κ3) is 13.4. The van der Waals surface area contributed by atoms with Gasteiger partial charge in [-0.25, -0.2) is 15.0 Å². The minimum atomic E-state index is -0.994. The van der Waals surface area contributed by atoms with Crippen molar-refractivity contribution in [1.82, 2.24) is 44.9 Å². The van der Waals surface area contributed by atoms with Crippen molar-refractivity contribution in [3.63, 3.8) is 0 Å². The van der Waals surface area contributed by atoms with Crippen LogP contribution in [0.25, 0.3) is 21.5 Å². The van der Waals surface area contributed by atoms with E-state index in [0.29, 0.717) is 54.5 Å². The van der Waals surface area contributed by atoms with Crippen molar-refractivity contribution in [3.8, 4) is 10.4 Å². The number of Topliss-reactive ketones (excluding diaryl/α,β-unsaturated/α-hetero) is 1. The molecule has 21 nitrogen and oxygen atoms in total. The summed E-state index contributed by atoms with van der Waals surface area (Å²) < 4.78 is 18.4. The number of carbonyl (C=O) groups excluding carboxylic acids is 5. The molecule has 3 fully saturated rings. The predicted octanol–water partition coefficient (Wildman–Crippen LogP) is 4.50. The number of ketones is 1. The Morgan fingerprint density at radius 1 is 0.868 bits per heavy atom.